The van der Waals surface area contributed by atoms with Gasteiger partial charge in [-0.15, -0.1) is 0 Å². The van der Waals surface area contributed by atoms with Gasteiger partial charge in [0.15, 0.2) is 0 Å². The second-order valence-corrected chi connectivity index (χ2v) is 5.65. The molecule has 18 heavy (non-hydrogen) atoms. The van der Waals surface area contributed by atoms with Crippen LogP contribution < -0.4 is 5.32 Å². The molecule has 0 saturated heterocycles. The fraction of sp³-hybridized carbons (Fsp3) is 0.385. The Bertz CT molecular complexity index is 514. The molecule has 1 aromatic heterocycles. The van der Waals surface area contributed by atoms with Crippen LogP contribution in [0.15, 0.2) is 30.9 Å². The molecule has 5 heteroatoms. The lowest BCUT2D eigenvalue weighted by Gasteiger charge is -2.21. The lowest BCUT2D eigenvalue weighted by molar-refractivity contribution is 0.424. The van der Waals surface area contributed by atoms with E-state index in [1.54, 1.807) is 11.0 Å². The van der Waals surface area contributed by atoms with Gasteiger partial charge in [0, 0.05) is 17.1 Å². The van der Waals surface area contributed by atoms with Crippen molar-refractivity contribution >= 4 is 11.6 Å². The Kier molecular flexibility index (Phi) is 3.68. The van der Waals surface area contributed by atoms with Crippen molar-refractivity contribution in [1.29, 1.82) is 0 Å². The summed E-state index contributed by atoms with van der Waals surface area (Å²) in [4.78, 5) is 3.97. The molecule has 0 atom stereocenters. The monoisotopic (exact) mass is 264 g/mol. The van der Waals surface area contributed by atoms with E-state index in [9.17, 15) is 0 Å². The van der Waals surface area contributed by atoms with E-state index in [2.05, 4.69) is 36.2 Å². The van der Waals surface area contributed by atoms with Crippen LogP contribution in [-0.2, 0) is 6.54 Å². The number of hydrogen-bond donors (Lipinski definition) is 1. The molecule has 0 amide bonds. The first-order chi connectivity index (χ1) is 8.46. The van der Waals surface area contributed by atoms with Gasteiger partial charge in [-0.3, -0.25) is 0 Å². The van der Waals surface area contributed by atoms with E-state index in [1.165, 1.54) is 6.33 Å². The van der Waals surface area contributed by atoms with Gasteiger partial charge >= 0.3 is 0 Å². The minimum absolute atomic E-state index is 0.0575. The number of benzene rings is 1. The van der Waals surface area contributed by atoms with Gasteiger partial charge in [0.1, 0.15) is 12.7 Å². The van der Waals surface area contributed by atoms with E-state index in [4.69, 9.17) is 11.6 Å². The number of nitrogens with zero attached hydrogens (tertiary/aromatic N) is 3. The first kappa shape index (κ1) is 13.1. The van der Waals surface area contributed by atoms with E-state index >= 15 is 0 Å². The molecule has 0 saturated carbocycles. The number of hydrogen-bond acceptors (Lipinski definition) is 3. The summed E-state index contributed by atoms with van der Waals surface area (Å²) in [5, 5.41) is 8.33. The molecule has 0 aliphatic rings. The zero-order valence-corrected chi connectivity index (χ0v) is 11.6. The van der Waals surface area contributed by atoms with Crippen molar-refractivity contribution in [1.82, 2.24) is 20.1 Å². The second kappa shape index (κ2) is 5.08. The molecule has 0 fully saturated rings. The second-order valence-electron chi connectivity index (χ2n) is 5.22. The minimum atomic E-state index is 0.0575. The Balaban J connectivity index is 2.30. The van der Waals surface area contributed by atoms with Crippen molar-refractivity contribution in [3.05, 3.63) is 41.4 Å². The Morgan fingerprint density at radius 1 is 1.33 bits per heavy atom. The van der Waals surface area contributed by atoms with Crippen LogP contribution in [0.5, 0.6) is 0 Å². The van der Waals surface area contributed by atoms with Crippen LogP contribution in [0.3, 0.4) is 0 Å². The third-order valence-electron chi connectivity index (χ3n) is 2.52. The van der Waals surface area contributed by atoms with Crippen molar-refractivity contribution in [3.63, 3.8) is 0 Å². The molecule has 0 spiro atoms. The maximum atomic E-state index is 6.06. The van der Waals surface area contributed by atoms with E-state index < -0.39 is 0 Å². The van der Waals surface area contributed by atoms with Crippen LogP contribution in [0, 0.1) is 0 Å². The molecular formula is C13H17ClN4. The van der Waals surface area contributed by atoms with E-state index in [0.717, 1.165) is 22.8 Å². The van der Waals surface area contributed by atoms with Gasteiger partial charge in [0.2, 0.25) is 0 Å². The van der Waals surface area contributed by atoms with Gasteiger partial charge in [0.05, 0.1) is 5.69 Å². The number of halogens is 1. The Hall–Kier alpha value is -1.39. The maximum Gasteiger partial charge on any atom is 0.138 e. The van der Waals surface area contributed by atoms with Crippen molar-refractivity contribution in [2.45, 2.75) is 32.9 Å². The van der Waals surface area contributed by atoms with E-state index in [0.29, 0.717) is 0 Å². The average Bonchev–Trinajstić information content (AvgIpc) is 2.79. The summed E-state index contributed by atoms with van der Waals surface area (Å²) in [6.45, 7) is 7.13. The van der Waals surface area contributed by atoms with Crippen LogP contribution in [0.2, 0.25) is 5.02 Å². The summed E-state index contributed by atoms with van der Waals surface area (Å²) < 4.78 is 1.75. The highest BCUT2D eigenvalue weighted by Crippen LogP contribution is 2.19. The van der Waals surface area contributed by atoms with Gasteiger partial charge in [-0.25, -0.2) is 9.67 Å². The van der Waals surface area contributed by atoms with Crippen molar-refractivity contribution < 1.29 is 0 Å². The maximum absolute atomic E-state index is 6.06. The Labute approximate surface area is 112 Å². The SMILES string of the molecule is CC(C)(C)NCc1cc(Cl)ccc1-n1cncn1. The highest BCUT2D eigenvalue weighted by molar-refractivity contribution is 6.30. The third-order valence-corrected chi connectivity index (χ3v) is 2.75. The summed E-state index contributed by atoms with van der Waals surface area (Å²) >= 11 is 6.06. The highest BCUT2D eigenvalue weighted by atomic mass is 35.5. The molecular weight excluding hydrogens is 248 g/mol. The Morgan fingerprint density at radius 3 is 2.72 bits per heavy atom. The number of aromatic nitrogens is 3. The molecule has 1 heterocycles. The largest absolute Gasteiger partial charge is 0.308 e. The zero-order chi connectivity index (χ0) is 13.2. The first-order valence-electron chi connectivity index (χ1n) is 5.84. The topological polar surface area (TPSA) is 42.7 Å². The molecule has 1 N–H and O–H groups in total. The van der Waals surface area contributed by atoms with Gasteiger partial charge in [-0.05, 0) is 44.5 Å². The van der Waals surface area contributed by atoms with Crippen LogP contribution in [0.1, 0.15) is 26.3 Å². The fourth-order valence-corrected chi connectivity index (χ4v) is 1.81. The number of rotatable bonds is 3. The summed E-state index contributed by atoms with van der Waals surface area (Å²) in [6, 6.07) is 5.77. The first-order valence-corrected chi connectivity index (χ1v) is 6.22. The molecule has 0 radical (unpaired) electrons. The average molecular weight is 265 g/mol. The molecule has 4 nitrogen and oxygen atoms in total. The lowest BCUT2D eigenvalue weighted by Crippen LogP contribution is -2.35. The van der Waals surface area contributed by atoms with Crippen molar-refractivity contribution in [2.24, 2.45) is 0 Å². The van der Waals surface area contributed by atoms with Gasteiger partial charge < -0.3 is 5.32 Å². The molecule has 96 valence electrons. The smallest absolute Gasteiger partial charge is 0.138 e. The fourth-order valence-electron chi connectivity index (χ4n) is 1.61. The minimum Gasteiger partial charge on any atom is -0.308 e. The molecule has 0 unspecified atom stereocenters. The summed E-state index contributed by atoms with van der Waals surface area (Å²) in [5.41, 5.74) is 2.15. The van der Waals surface area contributed by atoms with Crippen molar-refractivity contribution in [3.8, 4) is 5.69 Å². The van der Waals surface area contributed by atoms with Gasteiger partial charge in [0.25, 0.3) is 0 Å². The van der Waals surface area contributed by atoms with E-state index in [1.807, 2.05) is 18.2 Å². The molecule has 0 aliphatic carbocycles. The van der Waals surface area contributed by atoms with E-state index in [-0.39, 0.29) is 5.54 Å². The van der Waals surface area contributed by atoms with Crippen LogP contribution >= 0.6 is 11.6 Å². The van der Waals surface area contributed by atoms with Gasteiger partial charge in [-0.1, -0.05) is 11.6 Å². The molecule has 2 aromatic rings. The van der Waals surface area contributed by atoms with Crippen LogP contribution in [-0.4, -0.2) is 20.3 Å². The molecule has 0 aliphatic heterocycles. The molecule has 0 bridgehead atoms. The number of nitrogens with one attached hydrogen (secondary N) is 1. The third kappa shape index (κ3) is 3.31. The Morgan fingerprint density at radius 2 is 2.11 bits per heavy atom. The van der Waals surface area contributed by atoms with Gasteiger partial charge in [-0.2, -0.15) is 5.10 Å². The quantitative estimate of drug-likeness (QED) is 0.927. The summed E-state index contributed by atoms with van der Waals surface area (Å²) in [6.07, 6.45) is 3.21. The molecule has 2 rings (SSSR count). The normalized spacial score (nSPS) is 11.8. The predicted octanol–water partition coefficient (Wildman–Crippen LogP) is 2.81. The highest BCUT2D eigenvalue weighted by Gasteiger charge is 2.12. The summed E-state index contributed by atoms with van der Waals surface area (Å²) in [5.74, 6) is 0. The zero-order valence-electron chi connectivity index (χ0n) is 10.8. The molecule has 1 aromatic carbocycles. The standard InChI is InChI=1S/C13H17ClN4/c1-13(2,3)16-7-10-6-11(14)4-5-12(10)18-9-15-8-17-18/h4-6,8-9,16H,7H2,1-3H3. The lowest BCUT2D eigenvalue weighted by atomic mass is 10.1. The van der Waals surface area contributed by atoms with Crippen molar-refractivity contribution in [2.75, 3.05) is 0 Å². The van der Waals surface area contributed by atoms with Crippen LogP contribution in [0.25, 0.3) is 5.69 Å². The predicted molar refractivity (Wildman–Crippen MR) is 73.0 cm³/mol. The van der Waals surface area contributed by atoms with Crippen LogP contribution in [0.4, 0.5) is 0 Å². The summed E-state index contributed by atoms with van der Waals surface area (Å²) in [7, 11) is 0.